The van der Waals surface area contributed by atoms with Crippen molar-refractivity contribution < 1.29 is 4.74 Å². The standard InChI is InChI=1S/C14H23N3O/c1-12-5-3-8-16-14(12)17(9-10-18-2)11-13-6-4-7-15-13/h3,5,8,13,15H,4,6-7,9-11H2,1-2H3. The number of pyridine rings is 1. The Hall–Kier alpha value is -1.13. The first kappa shape index (κ1) is 13.3. The van der Waals surface area contributed by atoms with Crippen molar-refractivity contribution in [2.75, 3.05) is 38.3 Å². The molecule has 0 aliphatic carbocycles. The van der Waals surface area contributed by atoms with Gasteiger partial charge in [0.05, 0.1) is 6.61 Å². The molecule has 1 aromatic rings. The van der Waals surface area contributed by atoms with E-state index in [0.717, 1.165) is 32.1 Å². The average molecular weight is 249 g/mol. The summed E-state index contributed by atoms with van der Waals surface area (Å²) in [6.45, 7) is 5.91. The molecule has 100 valence electrons. The first-order valence-corrected chi connectivity index (χ1v) is 6.70. The summed E-state index contributed by atoms with van der Waals surface area (Å²) in [5.41, 5.74) is 1.23. The molecule has 1 fully saturated rings. The maximum absolute atomic E-state index is 5.21. The van der Waals surface area contributed by atoms with E-state index in [1.165, 1.54) is 18.4 Å². The maximum atomic E-state index is 5.21. The van der Waals surface area contributed by atoms with Gasteiger partial charge in [0.25, 0.3) is 0 Å². The van der Waals surface area contributed by atoms with Crippen LogP contribution in [0.3, 0.4) is 0 Å². The van der Waals surface area contributed by atoms with Crippen LogP contribution in [0, 0.1) is 6.92 Å². The van der Waals surface area contributed by atoms with Crippen molar-refractivity contribution in [3.63, 3.8) is 0 Å². The van der Waals surface area contributed by atoms with Crippen LogP contribution in [0.5, 0.6) is 0 Å². The smallest absolute Gasteiger partial charge is 0.131 e. The second-order valence-electron chi connectivity index (χ2n) is 4.88. The predicted molar refractivity (Wildman–Crippen MR) is 74.1 cm³/mol. The van der Waals surface area contributed by atoms with Gasteiger partial charge in [-0.3, -0.25) is 0 Å². The Morgan fingerprint density at radius 3 is 3.11 bits per heavy atom. The number of methoxy groups -OCH3 is 1. The molecule has 1 aliphatic rings. The van der Waals surface area contributed by atoms with E-state index in [-0.39, 0.29) is 0 Å². The number of nitrogens with one attached hydrogen (secondary N) is 1. The second kappa shape index (κ2) is 6.71. The Labute approximate surface area is 109 Å². The van der Waals surface area contributed by atoms with Crippen LogP contribution < -0.4 is 10.2 Å². The fraction of sp³-hybridized carbons (Fsp3) is 0.643. The maximum Gasteiger partial charge on any atom is 0.131 e. The molecule has 0 spiro atoms. The Kier molecular flexibility index (Phi) is 4.96. The summed E-state index contributed by atoms with van der Waals surface area (Å²) < 4.78 is 5.21. The first-order valence-electron chi connectivity index (χ1n) is 6.70. The zero-order valence-electron chi connectivity index (χ0n) is 11.4. The van der Waals surface area contributed by atoms with Gasteiger partial charge in [-0.05, 0) is 37.9 Å². The zero-order chi connectivity index (χ0) is 12.8. The van der Waals surface area contributed by atoms with Gasteiger partial charge in [-0.2, -0.15) is 0 Å². The molecule has 0 radical (unpaired) electrons. The summed E-state index contributed by atoms with van der Waals surface area (Å²) in [6, 6.07) is 4.69. The molecule has 2 rings (SSSR count). The molecule has 1 atom stereocenters. The van der Waals surface area contributed by atoms with Crippen LogP contribution in [-0.2, 0) is 4.74 Å². The van der Waals surface area contributed by atoms with Gasteiger partial charge in [0.1, 0.15) is 5.82 Å². The molecular formula is C14H23N3O. The number of hydrogen-bond acceptors (Lipinski definition) is 4. The molecule has 0 bridgehead atoms. The van der Waals surface area contributed by atoms with Crippen molar-refractivity contribution >= 4 is 5.82 Å². The van der Waals surface area contributed by atoms with E-state index in [0.29, 0.717) is 6.04 Å². The van der Waals surface area contributed by atoms with Crippen molar-refractivity contribution in [3.05, 3.63) is 23.9 Å². The summed E-state index contributed by atoms with van der Waals surface area (Å²) in [7, 11) is 1.75. The first-order chi connectivity index (χ1) is 8.81. The van der Waals surface area contributed by atoms with Gasteiger partial charge >= 0.3 is 0 Å². The Morgan fingerprint density at radius 1 is 1.56 bits per heavy atom. The summed E-state index contributed by atoms with van der Waals surface area (Å²) >= 11 is 0. The fourth-order valence-electron chi connectivity index (χ4n) is 2.47. The number of rotatable bonds is 6. The molecule has 1 aliphatic heterocycles. The average Bonchev–Trinajstić information content (AvgIpc) is 2.88. The lowest BCUT2D eigenvalue weighted by Crippen LogP contribution is -2.40. The largest absolute Gasteiger partial charge is 0.383 e. The number of nitrogens with zero attached hydrogens (tertiary/aromatic N) is 2. The van der Waals surface area contributed by atoms with Gasteiger partial charge in [0.15, 0.2) is 0 Å². The monoisotopic (exact) mass is 249 g/mol. The van der Waals surface area contributed by atoms with Gasteiger partial charge in [-0.15, -0.1) is 0 Å². The molecule has 1 aromatic heterocycles. The number of aromatic nitrogens is 1. The van der Waals surface area contributed by atoms with E-state index in [9.17, 15) is 0 Å². The van der Waals surface area contributed by atoms with Crippen LogP contribution in [0.4, 0.5) is 5.82 Å². The van der Waals surface area contributed by atoms with E-state index in [1.807, 2.05) is 12.3 Å². The molecule has 0 saturated carbocycles. The lowest BCUT2D eigenvalue weighted by Gasteiger charge is -2.27. The number of anilines is 1. The summed E-state index contributed by atoms with van der Waals surface area (Å²) in [5, 5.41) is 3.54. The van der Waals surface area contributed by atoms with Crippen molar-refractivity contribution in [1.29, 1.82) is 0 Å². The van der Waals surface area contributed by atoms with Crippen LogP contribution in [-0.4, -0.2) is 44.4 Å². The summed E-state index contributed by atoms with van der Waals surface area (Å²) in [4.78, 5) is 6.85. The Bertz CT molecular complexity index is 364. The highest BCUT2D eigenvalue weighted by atomic mass is 16.5. The zero-order valence-corrected chi connectivity index (χ0v) is 11.4. The third-order valence-corrected chi connectivity index (χ3v) is 3.45. The Balaban J connectivity index is 2.06. The molecule has 4 heteroatoms. The van der Waals surface area contributed by atoms with E-state index < -0.39 is 0 Å². The van der Waals surface area contributed by atoms with Crippen LogP contribution in [0.15, 0.2) is 18.3 Å². The van der Waals surface area contributed by atoms with Crippen molar-refractivity contribution in [3.8, 4) is 0 Å². The van der Waals surface area contributed by atoms with Gasteiger partial charge in [0.2, 0.25) is 0 Å². The molecule has 4 nitrogen and oxygen atoms in total. The van der Waals surface area contributed by atoms with Crippen molar-refractivity contribution in [1.82, 2.24) is 10.3 Å². The highest BCUT2D eigenvalue weighted by molar-refractivity contribution is 5.46. The second-order valence-corrected chi connectivity index (χ2v) is 4.88. The molecule has 0 aromatic carbocycles. The molecule has 1 unspecified atom stereocenters. The van der Waals surface area contributed by atoms with Gasteiger partial charge in [-0.25, -0.2) is 4.98 Å². The third kappa shape index (κ3) is 3.43. The number of aryl methyl sites for hydroxylation is 1. The molecule has 2 heterocycles. The lowest BCUT2D eigenvalue weighted by molar-refractivity contribution is 0.204. The topological polar surface area (TPSA) is 37.4 Å². The third-order valence-electron chi connectivity index (χ3n) is 3.45. The molecule has 18 heavy (non-hydrogen) atoms. The van der Waals surface area contributed by atoms with Crippen molar-refractivity contribution in [2.24, 2.45) is 0 Å². The van der Waals surface area contributed by atoms with E-state index >= 15 is 0 Å². The SMILES string of the molecule is COCCN(CC1CCCN1)c1ncccc1C. The predicted octanol–water partition coefficient (Wildman–Crippen LogP) is 1.59. The number of ether oxygens (including phenoxy) is 1. The van der Waals surface area contributed by atoms with Crippen LogP contribution >= 0.6 is 0 Å². The molecular weight excluding hydrogens is 226 g/mol. The molecule has 1 saturated heterocycles. The summed E-state index contributed by atoms with van der Waals surface area (Å²) in [5.74, 6) is 1.09. The summed E-state index contributed by atoms with van der Waals surface area (Å²) in [6.07, 6.45) is 4.41. The molecule has 0 amide bonds. The lowest BCUT2D eigenvalue weighted by atomic mass is 10.2. The minimum atomic E-state index is 0.586. The fourth-order valence-corrected chi connectivity index (χ4v) is 2.47. The highest BCUT2D eigenvalue weighted by Crippen LogP contribution is 2.17. The van der Waals surface area contributed by atoms with Gasteiger partial charge < -0.3 is 15.0 Å². The van der Waals surface area contributed by atoms with E-state index in [2.05, 4.69) is 28.2 Å². The minimum absolute atomic E-state index is 0.586. The van der Waals surface area contributed by atoms with Gasteiger partial charge in [-0.1, -0.05) is 6.07 Å². The minimum Gasteiger partial charge on any atom is -0.383 e. The van der Waals surface area contributed by atoms with E-state index in [4.69, 9.17) is 4.74 Å². The normalized spacial score (nSPS) is 19.1. The highest BCUT2D eigenvalue weighted by Gasteiger charge is 2.19. The van der Waals surface area contributed by atoms with Crippen LogP contribution in [0.2, 0.25) is 0 Å². The van der Waals surface area contributed by atoms with Gasteiger partial charge in [0, 0.05) is 32.4 Å². The molecule has 1 N–H and O–H groups in total. The number of hydrogen-bond donors (Lipinski definition) is 1. The van der Waals surface area contributed by atoms with Crippen LogP contribution in [0.1, 0.15) is 18.4 Å². The van der Waals surface area contributed by atoms with E-state index in [1.54, 1.807) is 7.11 Å². The van der Waals surface area contributed by atoms with Crippen molar-refractivity contribution in [2.45, 2.75) is 25.8 Å². The Morgan fingerprint density at radius 2 is 2.44 bits per heavy atom. The quantitative estimate of drug-likeness (QED) is 0.831. The van der Waals surface area contributed by atoms with Crippen LogP contribution in [0.25, 0.3) is 0 Å².